The highest BCUT2D eigenvalue weighted by atomic mass is 28.3. The normalized spacial score (nSPS) is 4.62. The van der Waals surface area contributed by atoms with Gasteiger partial charge in [-0.1, -0.05) is 19.6 Å². The largest absolute Gasteiger partial charge is 0.231 e. The van der Waals surface area contributed by atoms with Gasteiger partial charge in [-0.3, -0.25) is 0 Å². The first kappa shape index (κ1) is 22.5. The van der Waals surface area contributed by atoms with Gasteiger partial charge in [0.1, 0.15) is 0 Å². The Hall–Kier alpha value is -1.64. The fourth-order valence-corrected chi connectivity index (χ4v) is 0. The Balaban J connectivity index is -0.0000000420. The van der Waals surface area contributed by atoms with E-state index in [0.717, 1.165) is 18.2 Å². The van der Waals surface area contributed by atoms with Crippen molar-refractivity contribution < 1.29 is 14.4 Å². The van der Waals surface area contributed by atoms with E-state index in [1.54, 1.807) is 0 Å². The average Bonchev–Trinajstić information content (AvgIpc) is 1.88. The first-order valence-electron chi connectivity index (χ1n) is 3.09. The zero-order valence-electron chi connectivity index (χ0n) is 7.80. The Morgan fingerprint density at radius 2 is 0.769 bits per heavy atom. The van der Waals surface area contributed by atoms with Gasteiger partial charge in [-0.05, 0) is 0 Å². The van der Waals surface area contributed by atoms with E-state index in [1.165, 1.54) is 0 Å². The van der Waals surface area contributed by atoms with Gasteiger partial charge in [0, 0.05) is 8.80 Å². The fraction of sp³-hybridized carbons (Fsp3) is 0.500. The van der Waals surface area contributed by atoms with E-state index in [0.29, 0.717) is 0 Å². The van der Waals surface area contributed by atoms with Crippen molar-refractivity contribution in [1.82, 2.24) is 0 Å². The van der Waals surface area contributed by atoms with E-state index in [2.05, 4.69) is 19.6 Å². The molecule has 0 amide bonds. The second-order valence-corrected chi connectivity index (χ2v) is 5.50. The zero-order chi connectivity index (χ0) is 11.7. The number of rotatable bonds is 0. The van der Waals surface area contributed by atoms with Crippen LogP contribution in [0.5, 0.6) is 0 Å². The molecular formula is C6H13N3O3Si. The summed E-state index contributed by atoms with van der Waals surface area (Å²) in [5.74, 6) is 0. The Labute approximate surface area is 78.1 Å². The van der Waals surface area contributed by atoms with E-state index in [1.807, 2.05) is 0 Å². The molecule has 6 nitrogen and oxygen atoms in total. The van der Waals surface area contributed by atoms with Crippen molar-refractivity contribution in [2.75, 3.05) is 0 Å². The molecule has 0 aromatic rings. The van der Waals surface area contributed by atoms with Gasteiger partial charge in [0.2, 0.25) is 18.2 Å². The molecule has 3 N–H and O–H groups in total. The smallest absolute Gasteiger partial charge is 0.222 e. The van der Waals surface area contributed by atoms with Gasteiger partial charge in [-0.25, -0.2) is 30.6 Å². The van der Waals surface area contributed by atoms with Crippen LogP contribution in [0.15, 0.2) is 0 Å². The highest BCUT2D eigenvalue weighted by molar-refractivity contribution is 6.54. The summed E-state index contributed by atoms with van der Waals surface area (Å²) in [5.41, 5.74) is 0. The molecule has 0 unspecified atom stereocenters. The summed E-state index contributed by atoms with van der Waals surface area (Å²) >= 11 is 0. The van der Waals surface area contributed by atoms with Crippen molar-refractivity contribution in [3.05, 3.63) is 0 Å². The maximum absolute atomic E-state index is 8.35. The number of carbonyl (C=O) groups excluding carboxylic acids is 3. The maximum Gasteiger partial charge on any atom is 0.231 e. The molecule has 0 spiro atoms. The lowest BCUT2D eigenvalue weighted by Gasteiger charge is -1.75. The molecule has 74 valence electrons. The van der Waals surface area contributed by atoms with Crippen molar-refractivity contribution in [2.24, 2.45) is 0 Å². The molecule has 0 fully saturated rings. The lowest BCUT2D eigenvalue weighted by molar-refractivity contribution is 0.562. The molecule has 0 radical (unpaired) electrons. The van der Waals surface area contributed by atoms with Gasteiger partial charge in [0.05, 0.1) is 0 Å². The van der Waals surface area contributed by atoms with Crippen LogP contribution >= 0.6 is 0 Å². The van der Waals surface area contributed by atoms with Gasteiger partial charge in [-0.2, -0.15) is 0 Å². The van der Waals surface area contributed by atoms with E-state index in [9.17, 15) is 0 Å². The number of nitrogens with one attached hydrogen (secondary N) is 3. The summed E-state index contributed by atoms with van der Waals surface area (Å²) in [5, 5.41) is 16.2. The Kier molecular flexibility index (Phi) is 82.7. The topological polar surface area (TPSA) is 123 Å². The Morgan fingerprint density at radius 1 is 0.769 bits per heavy atom. The molecule has 0 rings (SSSR count). The van der Waals surface area contributed by atoms with Crippen LogP contribution in [0.2, 0.25) is 19.6 Å². The number of hydrogen-bond acceptors (Lipinski definition) is 6. The maximum atomic E-state index is 8.35. The molecule has 0 atom stereocenters. The summed E-state index contributed by atoms with van der Waals surface area (Å²) in [7, 11) is -0.139. The molecule has 0 saturated heterocycles. The van der Waals surface area contributed by atoms with Crippen molar-refractivity contribution in [2.45, 2.75) is 19.6 Å². The Morgan fingerprint density at radius 3 is 0.769 bits per heavy atom. The molecule has 0 aromatic carbocycles. The predicted molar refractivity (Wildman–Crippen MR) is 50.0 cm³/mol. The van der Waals surface area contributed by atoms with E-state index in [4.69, 9.17) is 30.6 Å². The molecule has 0 aromatic heterocycles. The third kappa shape index (κ3) is 268. The van der Waals surface area contributed by atoms with Crippen molar-refractivity contribution in [3.8, 4) is 0 Å². The van der Waals surface area contributed by atoms with E-state index < -0.39 is 0 Å². The van der Waals surface area contributed by atoms with Crippen LogP contribution in [0.4, 0.5) is 0 Å². The SMILES string of the molecule is C[SiH](C)C.N=C=O.N=C=O.N=C=O. The quantitative estimate of drug-likeness (QED) is 0.306. The minimum absolute atomic E-state index is 0.139. The van der Waals surface area contributed by atoms with Crippen LogP contribution < -0.4 is 0 Å². The predicted octanol–water partition coefficient (Wildman–Crippen LogP) is 0.806. The molecule has 0 saturated carbocycles. The van der Waals surface area contributed by atoms with Crippen LogP contribution in [0, 0.1) is 16.2 Å². The number of hydrogen-bond donors (Lipinski definition) is 3. The van der Waals surface area contributed by atoms with Crippen molar-refractivity contribution in [3.63, 3.8) is 0 Å². The zero-order valence-corrected chi connectivity index (χ0v) is 8.96. The van der Waals surface area contributed by atoms with Crippen molar-refractivity contribution in [1.29, 1.82) is 16.2 Å². The first-order valence-corrected chi connectivity index (χ1v) is 6.56. The standard InChI is InChI=1S/C3H10Si.3CHNO/c1-4(2)3;3*2-1-3/h4H,1-3H3;3*2H. The first-order chi connectivity index (χ1) is 5.97. The molecule has 7 heteroatoms. The van der Waals surface area contributed by atoms with Crippen LogP contribution in [0.3, 0.4) is 0 Å². The highest BCUT2D eigenvalue weighted by Gasteiger charge is 1.71. The van der Waals surface area contributed by atoms with Gasteiger partial charge in [0.25, 0.3) is 0 Å². The van der Waals surface area contributed by atoms with Gasteiger partial charge < -0.3 is 0 Å². The molecule has 0 bridgehead atoms. The molecule has 0 heterocycles. The van der Waals surface area contributed by atoms with Crippen LogP contribution in [-0.2, 0) is 14.4 Å². The van der Waals surface area contributed by atoms with Crippen LogP contribution in [-0.4, -0.2) is 27.0 Å². The summed E-state index contributed by atoms with van der Waals surface area (Å²) in [6.45, 7) is 6.92. The number of isocyanates is 3. The third-order valence-electron chi connectivity index (χ3n) is 0. The Bertz CT molecular complexity index is 144. The van der Waals surface area contributed by atoms with Gasteiger partial charge >= 0.3 is 0 Å². The summed E-state index contributed by atoms with van der Waals surface area (Å²) in [6, 6.07) is 0. The molecular weight excluding hydrogens is 190 g/mol. The fourth-order valence-electron chi connectivity index (χ4n) is 0. The monoisotopic (exact) mass is 203 g/mol. The van der Waals surface area contributed by atoms with E-state index >= 15 is 0 Å². The molecule has 0 aliphatic rings. The molecule has 0 aliphatic heterocycles. The summed E-state index contributed by atoms with van der Waals surface area (Å²) < 4.78 is 0. The summed E-state index contributed by atoms with van der Waals surface area (Å²) in [4.78, 5) is 25.0. The summed E-state index contributed by atoms with van der Waals surface area (Å²) in [6.07, 6.45) is 2.25. The van der Waals surface area contributed by atoms with Crippen molar-refractivity contribution >= 4 is 27.0 Å². The lowest BCUT2D eigenvalue weighted by Crippen LogP contribution is -1.84. The second-order valence-electron chi connectivity index (χ2n) is 2.04. The highest BCUT2D eigenvalue weighted by Crippen LogP contribution is 1.68. The van der Waals surface area contributed by atoms with Crippen LogP contribution in [0.25, 0.3) is 0 Å². The minimum atomic E-state index is -0.139. The van der Waals surface area contributed by atoms with Gasteiger partial charge in [-0.15, -0.1) is 0 Å². The molecule has 0 aliphatic carbocycles. The minimum Gasteiger partial charge on any atom is -0.222 e. The second kappa shape index (κ2) is 47.8. The van der Waals surface area contributed by atoms with E-state index in [-0.39, 0.29) is 8.80 Å². The molecule has 13 heavy (non-hydrogen) atoms. The third-order valence-corrected chi connectivity index (χ3v) is 0. The average molecular weight is 203 g/mol. The van der Waals surface area contributed by atoms with Crippen LogP contribution in [0.1, 0.15) is 0 Å². The lowest BCUT2D eigenvalue weighted by atomic mass is 11.7. The van der Waals surface area contributed by atoms with Gasteiger partial charge in [0.15, 0.2) is 0 Å².